The van der Waals surface area contributed by atoms with E-state index in [1.165, 1.54) is 23.5 Å². The number of carbonyl (C=O) groups is 1. The van der Waals surface area contributed by atoms with Crippen molar-refractivity contribution in [2.45, 2.75) is 19.8 Å². The fourth-order valence-corrected chi connectivity index (χ4v) is 4.19. The molecule has 1 aliphatic heterocycles. The monoisotopic (exact) mass is 354 g/mol. The number of halogens is 1. The van der Waals surface area contributed by atoms with Crippen molar-refractivity contribution in [3.63, 3.8) is 0 Å². The first-order valence-electron chi connectivity index (χ1n) is 8.56. The molecule has 4 rings (SSSR count). The van der Waals surface area contributed by atoms with Crippen LogP contribution in [0, 0.1) is 11.7 Å². The lowest BCUT2D eigenvalue weighted by atomic mass is 9.98. The van der Waals surface area contributed by atoms with Crippen LogP contribution in [0.15, 0.2) is 42.5 Å². The highest BCUT2D eigenvalue weighted by Crippen LogP contribution is 2.31. The molecule has 0 N–H and O–H groups in total. The summed E-state index contributed by atoms with van der Waals surface area (Å²) < 4.78 is 14.2. The van der Waals surface area contributed by atoms with Gasteiger partial charge in [0.05, 0.1) is 10.2 Å². The predicted octanol–water partition coefficient (Wildman–Crippen LogP) is 4.97. The van der Waals surface area contributed by atoms with Gasteiger partial charge < -0.3 is 4.90 Å². The quantitative estimate of drug-likeness (QED) is 0.651. The van der Waals surface area contributed by atoms with E-state index in [-0.39, 0.29) is 11.7 Å². The number of benzene rings is 2. The van der Waals surface area contributed by atoms with Gasteiger partial charge >= 0.3 is 0 Å². The Kier molecular flexibility index (Phi) is 4.25. The summed E-state index contributed by atoms with van der Waals surface area (Å²) >= 11 is 1.44. The van der Waals surface area contributed by atoms with Crippen LogP contribution in [0.3, 0.4) is 0 Å². The maximum Gasteiger partial charge on any atom is 0.253 e. The smallest absolute Gasteiger partial charge is 0.253 e. The summed E-state index contributed by atoms with van der Waals surface area (Å²) in [5.41, 5.74) is 2.37. The number of carbonyl (C=O) groups excluding carboxylic acids is 1. The molecule has 0 bridgehead atoms. The van der Waals surface area contributed by atoms with Gasteiger partial charge in [-0.05, 0) is 49.1 Å². The number of aromatic nitrogens is 1. The number of likely N-dealkylation sites (tertiary alicyclic amines) is 1. The first-order valence-corrected chi connectivity index (χ1v) is 9.37. The number of fused-ring (bicyclic) bond motifs is 1. The van der Waals surface area contributed by atoms with E-state index in [9.17, 15) is 9.18 Å². The fourth-order valence-electron chi connectivity index (χ4n) is 3.20. The van der Waals surface area contributed by atoms with Gasteiger partial charge in [0.1, 0.15) is 10.8 Å². The topological polar surface area (TPSA) is 33.2 Å². The normalized spacial score (nSPS) is 15.7. The third-order valence-corrected chi connectivity index (χ3v) is 5.85. The summed E-state index contributed by atoms with van der Waals surface area (Å²) in [6.45, 7) is 3.88. The lowest BCUT2D eigenvalue weighted by Gasteiger charge is -2.30. The van der Waals surface area contributed by atoms with Crippen molar-refractivity contribution in [1.29, 1.82) is 0 Å². The molecule has 0 unspecified atom stereocenters. The van der Waals surface area contributed by atoms with E-state index in [0.29, 0.717) is 11.5 Å². The molecule has 1 amide bonds. The van der Waals surface area contributed by atoms with E-state index in [4.69, 9.17) is 0 Å². The highest BCUT2D eigenvalue weighted by atomic mass is 32.1. The molecule has 5 heteroatoms. The molecule has 128 valence electrons. The Morgan fingerprint density at radius 1 is 1.20 bits per heavy atom. The Hall–Kier alpha value is -2.27. The Bertz CT molecular complexity index is 928. The molecule has 2 heterocycles. The number of hydrogen-bond donors (Lipinski definition) is 0. The van der Waals surface area contributed by atoms with Crippen LogP contribution in [0.2, 0.25) is 0 Å². The summed E-state index contributed by atoms with van der Waals surface area (Å²) in [7, 11) is 0. The highest BCUT2D eigenvalue weighted by Gasteiger charge is 2.21. The number of nitrogens with zero attached hydrogens (tertiary/aromatic N) is 2. The maximum atomic E-state index is 13.4. The van der Waals surface area contributed by atoms with E-state index in [0.717, 1.165) is 46.7 Å². The average molecular weight is 354 g/mol. The van der Waals surface area contributed by atoms with Gasteiger partial charge in [-0.25, -0.2) is 9.37 Å². The van der Waals surface area contributed by atoms with Gasteiger partial charge in [-0.3, -0.25) is 4.79 Å². The van der Waals surface area contributed by atoms with E-state index in [2.05, 4.69) is 11.9 Å². The fraction of sp³-hybridized carbons (Fsp3) is 0.300. The molecule has 3 nitrogen and oxygen atoms in total. The molecule has 3 aromatic rings. The Labute approximate surface area is 150 Å². The van der Waals surface area contributed by atoms with Crippen LogP contribution < -0.4 is 0 Å². The first kappa shape index (κ1) is 16.2. The van der Waals surface area contributed by atoms with Crippen LogP contribution in [0.25, 0.3) is 20.8 Å². The predicted molar refractivity (Wildman–Crippen MR) is 99.3 cm³/mol. The zero-order chi connectivity index (χ0) is 17.4. The Morgan fingerprint density at radius 3 is 2.80 bits per heavy atom. The second kappa shape index (κ2) is 6.56. The molecule has 0 aliphatic carbocycles. The SMILES string of the molecule is CC1CCN(C(=O)c2cccc(-c3nc4ccc(F)cc4s3)c2)CC1. The molecule has 0 radical (unpaired) electrons. The van der Waals surface area contributed by atoms with Gasteiger partial charge in [-0.1, -0.05) is 19.1 Å². The van der Waals surface area contributed by atoms with E-state index >= 15 is 0 Å². The van der Waals surface area contributed by atoms with E-state index in [1.807, 2.05) is 29.2 Å². The molecule has 25 heavy (non-hydrogen) atoms. The van der Waals surface area contributed by atoms with Gasteiger partial charge in [0.25, 0.3) is 5.91 Å². The standard InChI is InChI=1S/C20H19FN2OS/c1-13-7-9-23(10-8-13)20(24)15-4-2-3-14(11-15)19-22-17-6-5-16(21)12-18(17)25-19/h2-6,11-13H,7-10H2,1H3. The molecule has 0 saturated carbocycles. The third-order valence-electron chi connectivity index (χ3n) is 4.78. The number of hydrogen-bond acceptors (Lipinski definition) is 3. The maximum absolute atomic E-state index is 13.4. The number of thiazole rings is 1. The largest absolute Gasteiger partial charge is 0.339 e. The van der Waals surface area contributed by atoms with Crippen LogP contribution in [-0.2, 0) is 0 Å². The lowest BCUT2D eigenvalue weighted by Crippen LogP contribution is -2.37. The number of piperidine rings is 1. The van der Waals surface area contributed by atoms with Gasteiger partial charge in [0, 0.05) is 24.2 Å². The highest BCUT2D eigenvalue weighted by molar-refractivity contribution is 7.21. The van der Waals surface area contributed by atoms with Crippen LogP contribution in [-0.4, -0.2) is 28.9 Å². The van der Waals surface area contributed by atoms with Crippen LogP contribution in [0.5, 0.6) is 0 Å². The minimum absolute atomic E-state index is 0.0842. The zero-order valence-electron chi connectivity index (χ0n) is 14.0. The van der Waals surface area contributed by atoms with Crippen molar-refractivity contribution in [3.05, 3.63) is 53.8 Å². The summed E-state index contributed by atoms with van der Waals surface area (Å²) in [5, 5.41) is 0.808. The number of amides is 1. The second-order valence-electron chi connectivity index (χ2n) is 6.69. The minimum Gasteiger partial charge on any atom is -0.339 e. The van der Waals surface area contributed by atoms with Gasteiger partial charge in [0.15, 0.2) is 0 Å². The van der Waals surface area contributed by atoms with Crippen molar-refractivity contribution in [1.82, 2.24) is 9.88 Å². The van der Waals surface area contributed by atoms with Crippen LogP contribution in [0.1, 0.15) is 30.1 Å². The molecular weight excluding hydrogens is 335 g/mol. The lowest BCUT2D eigenvalue weighted by molar-refractivity contribution is 0.0697. The third kappa shape index (κ3) is 3.29. The summed E-state index contributed by atoms with van der Waals surface area (Å²) in [6, 6.07) is 12.2. The van der Waals surface area contributed by atoms with E-state index in [1.54, 1.807) is 6.07 Å². The number of rotatable bonds is 2. The Balaban J connectivity index is 1.63. The van der Waals surface area contributed by atoms with Crippen molar-refractivity contribution in [2.24, 2.45) is 5.92 Å². The molecule has 1 aromatic heterocycles. The summed E-state index contributed by atoms with van der Waals surface area (Å²) in [6.07, 6.45) is 2.13. The average Bonchev–Trinajstić information content (AvgIpc) is 3.05. The summed E-state index contributed by atoms with van der Waals surface area (Å²) in [4.78, 5) is 19.3. The molecule has 2 aromatic carbocycles. The molecule has 0 atom stereocenters. The Morgan fingerprint density at radius 2 is 2.00 bits per heavy atom. The van der Waals surface area contributed by atoms with Crippen LogP contribution >= 0.6 is 11.3 Å². The van der Waals surface area contributed by atoms with Crippen molar-refractivity contribution < 1.29 is 9.18 Å². The minimum atomic E-state index is -0.258. The molecule has 0 spiro atoms. The van der Waals surface area contributed by atoms with Gasteiger partial charge in [0.2, 0.25) is 0 Å². The van der Waals surface area contributed by atoms with Gasteiger partial charge in [-0.15, -0.1) is 11.3 Å². The second-order valence-corrected chi connectivity index (χ2v) is 7.72. The zero-order valence-corrected chi connectivity index (χ0v) is 14.9. The molecule has 1 saturated heterocycles. The van der Waals surface area contributed by atoms with Gasteiger partial charge in [-0.2, -0.15) is 0 Å². The van der Waals surface area contributed by atoms with Crippen molar-refractivity contribution in [2.75, 3.05) is 13.1 Å². The first-order chi connectivity index (χ1) is 12.1. The van der Waals surface area contributed by atoms with Crippen molar-refractivity contribution in [3.8, 4) is 10.6 Å². The van der Waals surface area contributed by atoms with E-state index < -0.39 is 0 Å². The summed E-state index contributed by atoms with van der Waals surface area (Å²) in [5.74, 6) is 0.519. The molecule has 1 fully saturated rings. The molecule has 1 aliphatic rings. The molecular formula is C20H19FN2OS. The van der Waals surface area contributed by atoms with Crippen LogP contribution in [0.4, 0.5) is 4.39 Å². The van der Waals surface area contributed by atoms with Crippen molar-refractivity contribution >= 4 is 27.5 Å².